The first-order chi connectivity index (χ1) is 5.33. The van der Waals surface area contributed by atoms with Crippen LogP contribution in [0.4, 0.5) is 0 Å². The van der Waals surface area contributed by atoms with Crippen LogP contribution in [0.5, 0.6) is 0 Å². The topological polar surface area (TPSA) is 12.5 Å². The molecule has 2 heteroatoms. The summed E-state index contributed by atoms with van der Waals surface area (Å²) in [5.74, 6) is 1.65. The Kier molecular flexibility index (Phi) is 3.87. The second-order valence-electron chi connectivity index (χ2n) is 3.29. The molecule has 0 spiro atoms. The molecule has 1 aliphatic rings. The van der Waals surface area contributed by atoms with Gasteiger partial charge in [-0.2, -0.15) is 0 Å². The van der Waals surface area contributed by atoms with E-state index in [1.807, 2.05) is 0 Å². The van der Waals surface area contributed by atoms with Gasteiger partial charge in [0.15, 0.2) is 0 Å². The minimum atomic E-state index is 0.874. The van der Waals surface area contributed by atoms with Crippen molar-refractivity contribution in [1.82, 2.24) is 4.90 Å². The van der Waals surface area contributed by atoms with Gasteiger partial charge in [0.05, 0.1) is 6.61 Å². The summed E-state index contributed by atoms with van der Waals surface area (Å²) in [6.07, 6.45) is 2.56. The average Bonchev–Trinajstić information content (AvgIpc) is 2.04. The number of likely N-dealkylation sites (tertiary alicyclic amines) is 1. The third-order valence-electron chi connectivity index (χ3n) is 2.32. The summed E-state index contributed by atoms with van der Waals surface area (Å²) in [4.78, 5) is 2.47. The highest BCUT2D eigenvalue weighted by atomic mass is 16.5. The van der Waals surface area contributed by atoms with E-state index in [1.54, 1.807) is 13.0 Å². The fourth-order valence-corrected chi connectivity index (χ4v) is 1.38. The van der Waals surface area contributed by atoms with Gasteiger partial charge >= 0.3 is 0 Å². The number of hydrogen-bond acceptors (Lipinski definition) is 2. The van der Waals surface area contributed by atoms with Crippen LogP contribution >= 0.6 is 0 Å². The van der Waals surface area contributed by atoms with E-state index in [2.05, 4.69) is 11.8 Å². The van der Waals surface area contributed by atoms with Gasteiger partial charge < -0.3 is 9.64 Å². The molecule has 11 heavy (non-hydrogen) atoms. The largest absolute Gasteiger partial charge is 0.383 e. The van der Waals surface area contributed by atoms with Crippen molar-refractivity contribution in [2.24, 2.45) is 0 Å². The van der Waals surface area contributed by atoms with Gasteiger partial charge in [0, 0.05) is 13.7 Å². The van der Waals surface area contributed by atoms with E-state index >= 15 is 0 Å². The Morgan fingerprint density at radius 3 is 2.55 bits per heavy atom. The second-order valence-corrected chi connectivity index (χ2v) is 3.29. The molecule has 1 heterocycles. The van der Waals surface area contributed by atoms with Crippen LogP contribution in [0, 0.1) is 5.92 Å². The minimum Gasteiger partial charge on any atom is -0.383 e. The molecular formula is C9H18NO. The van der Waals surface area contributed by atoms with Gasteiger partial charge in [0.2, 0.25) is 0 Å². The highest BCUT2D eigenvalue weighted by molar-refractivity contribution is 4.90. The van der Waals surface area contributed by atoms with Crippen molar-refractivity contribution >= 4 is 0 Å². The summed E-state index contributed by atoms with van der Waals surface area (Å²) < 4.78 is 5.02. The minimum absolute atomic E-state index is 0.874. The molecule has 1 rings (SSSR count). The van der Waals surface area contributed by atoms with Crippen LogP contribution in [0.15, 0.2) is 0 Å². The fraction of sp³-hybridized carbons (Fsp3) is 0.889. The molecular weight excluding hydrogens is 138 g/mol. The first-order valence-electron chi connectivity index (χ1n) is 4.35. The number of rotatable bonds is 3. The molecule has 0 unspecified atom stereocenters. The van der Waals surface area contributed by atoms with Crippen molar-refractivity contribution < 1.29 is 4.74 Å². The van der Waals surface area contributed by atoms with E-state index in [9.17, 15) is 0 Å². The lowest BCUT2D eigenvalue weighted by molar-refractivity contribution is 0.139. The molecule has 1 aliphatic heterocycles. The molecule has 0 bridgehead atoms. The molecule has 1 fully saturated rings. The predicted molar refractivity (Wildman–Crippen MR) is 46.5 cm³/mol. The fourth-order valence-electron chi connectivity index (χ4n) is 1.38. The maximum absolute atomic E-state index is 5.02. The molecule has 0 aromatic rings. The Hall–Kier alpha value is -0.0800. The molecule has 0 aromatic carbocycles. The summed E-state index contributed by atoms with van der Waals surface area (Å²) in [5, 5.41) is 0. The van der Waals surface area contributed by atoms with E-state index < -0.39 is 0 Å². The normalized spacial score (nSPS) is 22.4. The van der Waals surface area contributed by atoms with Gasteiger partial charge in [-0.05, 0) is 31.8 Å². The summed E-state index contributed by atoms with van der Waals surface area (Å²) >= 11 is 0. The van der Waals surface area contributed by atoms with E-state index in [4.69, 9.17) is 4.74 Å². The number of piperidine rings is 1. The average molecular weight is 156 g/mol. The predicted octanol–water partition coefficient (Wildman–Crippen LogP) is 1.32. The zero-order valence-corrected chi connectivity index (χ0v) is 7.60. The Labute approximate surface area is 69.5 Å². The lowest BCUT2D eigenvalue weighted by Gasteiger charge is -2.29. The lowest BCUT2D eigenvalue weighted by Crippen LogP contribution is -2.34. The van der Waals surface area contributed by atoms with Crippen LogP contribution in [0.2, 0.25) is 0 Å². The number of hydrogen-bond donors (Lipinski definition) is 0. The molecule has 2 nitrogen and oxygen atoms in total. The van der Waals surface area contributed by atoms with Crippen molar-refractivity contribution in [3.8, 4) is 0 Å². The third-order valence-corrected chi connectivity index (χ3v) is 2.32. The molecule has 0 aliphatic carbocycles. The Morgan fingerprint density at radius 2 is 2.00 bits per heavy atom. The third kappa shape index (κ3) is 3.21. The zero-order valence-electron chi connectivity index (χ0n) is 7.60. The maximum Gasteiger partial charge on any atom is 0.0589 e. The zero-order chi connectivity index (χ0) is 8.10. The number of ether oxygens (including phenoxy) is 1. The van der Waals surface area contributed by atoms with Crippen LogP contribution in [0.25, 0.3) is 0 Å². The van der Waals surface area contributed by atoms with Gasteiger partial charge in [-0.1, -0.05) is 6.92 Å². The first kappa shape index (κ1) is 9.01. The van der Waals surface area contributed by atoms with Crippen molar-refractivity contribution in [3.63, 3.8) is 0 Å². The highest BCUT2D eigenvalue weighted by Crippen LogP contribution is 2.17. The van der Waals surface area contributed by atoms with E-state index in [1.165, 1.54) is 25.9 Å². The quantitative estimate of drug-likeness (QED) is 0.611. The van der Waals surface area contributed by atoms with Crippen LogP contribution in [-0.2, 0) is 4.74 Å². The summed E-state index contributed by atoms with van der Waals surface area (Å²) in [6, 6.07) is 0. The van der Waals surface area contributed by atoms with Gasteiger partial charge in [0.25, 0.3) is 0 Å². The monoisotopic (exact) mass is 156 g/mol. The molecule has 0 atom stereocenters. The molecule has 1 radical (unpaired) electrons. The Morgan fingerprint density at radius 1 is 1.36 bits per heavy atom. The lowest BCUT2D eigenvalue weighted by atomic mass is 9.99. The van der Waals surface area contributed by atoms with E-state index in [-0.39, 0.29) is 0 Å². The maximum atomic E-state index is 5.02. The smallest absolute Gasteiger partial charge is 0.0589 e. The molecule has 0 amide bonds. The van der Waals surface area contributed by atoms with Gasteiger partial charge in [-0.15, -0.1) is 0 Å². The van der Waals surface area contributed by atoms with Crippen LogP contribution in [-0.4, -0.2) is 38.3 Å². The van der Waals surface area contributed by atoms with Gasteiger partial charge in [-0.25, -0.2) is 0 Å². The highest BCUT2D eigenvalue weighted by Gasteiger charge is 2.14. The number of methoxy groups -OCH3 is 1. The summed E-state index contributed by atoms with van der Waals surface area (Å²) in [5.41, 5.74) is 0. The first-order valence-corrected chi connectivity index (χ1v) is 4.35. The molecule has 0 saturated carbocycles. The van der Waals surface area contributed by atoms with Crippen LogP contribution in [0.1, 0.15) is 19.8 Å². The van der Waals surface area contributed by atoms with Gasteiger partial charge in [0.1, 0.15) is 0 Å². The molecule has 65 valence electrons. The van der Waals surface area contributed by atoms with Crippen molar-refractivity contribution in [3.05, 3.63) is 5.92 Å². The summed E-state index contributed by atoms with van der Waals surface area (Å²) in [6.45, 7) is 6.70. The molecule has 1 saturated heterocycles. The van der Waals surface area contributed by atoms with Gasteiger partial charge in [-0.3, -0.25) is 0 Å². The van der Waals surface area contributed by atoms with Crippen molar-refractivity contribution in [2.45, 2.75) is 19.8 Å². The van der Waals surface area contributed by atoms with Crippen molar-refractivity contribution in [2.75, 3.05) is 33.4 Å². The molecule has 0 aromatic heterocycles. The SMILES string of the molecule is COCCN1CC[C](C)CC1. The Balaban J connectivity index is 2.07. The van der Waals surface area contributed by atoms with Crippen LogP contribution < -0.4 is 0 Å². The Bertz CT molecular complexity index is 95.0. The van der Waals surface area contributed by atoms with E-state index in [0.717, 1.165) is 13.2 Å². The number of nitrogens with zero attached hydrogens (tertiary/aromatic N) is 1. The molecule has 0 N–H and O–H groups in total. The second kappa shape index (κ2) is 4.73. The van der Waals surface area contributed by atoms with Crippen LogP contribution in [0.3, 0.4) is 0 Å². The summed E-state index contributed by atoms with van der Waals surface area (Å²) in [7, 11) is 1.77. The van der Waals surface area contributed by atoms with Crippen molar-refractivity contribution in [1.29, 1.82) is 0 Å². The standard InChI is InChI=1S/C9H18NO/c1-9-3-5-10(6-4-9)7-8-11-2/h3-8H2,1-2H3. The van der Waals surface area contributed by atoms with E-state index in [0.29, 0.717) is 0 Å².